The maximum Gasteiger partial charge on any atom is 0.0997 e. The van der Waals surface area contributed by atoms with Gasteiger partial charge in [0.15, 0.2) is 0 Å². The van der Waals surface area contributed by atoms with Gasteiger partial charge in [-0.15, -0.1) is 0 Å². The van der Waals surface area contributed by atoms with Crippen molar-refractivity contribution >= 4 is 13.2 Å². The normalized spacial score (nSPS) is 17.9. The molecule has 36 heavy (non-hydrogen) atoms. The molecule has 0 aromatic heterocycles. The molecule has 2 heteroatoms. The molecule has 0 aliphatic heterocycles. The molecule has 0 N–H and O–H groups in total. The van der Waals surface area contributed by atoms with Gasteiger partial charge in [0.25, 0.3) is 0 Å². The number of hydrogen-bond donors (Lipinski definition) is 0. The maximum absolute atomic E-state index is 10.4. The smallest absolute Gasteiger partial charge is 0.0997 e. The van der Waals surface area contributed by atoms with Gasteiger partial charge in [0.2, 0.25) is 0 Å². The van der Waals surface area contributed by atoms with Crippen molar-refractivity contribution in [2.45, 2.75) is 135 Å². The standard InChI is InChI=1S/C34H48NP/c1-23(2)29-21-30(24(3)4)34(33(25(5)6)31(29)22-35)28-19-13-14-20-32(28)36(26-15-9-7-10-16-26)27-17-11-8-12-18-27/h13-14,19-21,23-27H,7-12,15-18H2,1-6H3. The highest BCUT2D eigenvalue weighted by molar-refractivity contribution is 7.67. The van der Waals surface area contributed by atoms with E-state index in [1.807, 2.05) is 0 Å². The summed E-state index contributed by atoms with van der Waals surface area (Å²) in [7, 11) is -0.217. The van der Waals surface area contributed by atoms with Gasteiger partial charge in [-0.05, 0) is 87.9 Å². The zero-order valence-corrected chi connectivity index (χ0v) is 24.6. The van der Waals surface area contributed by atoms with Crippen molar-refractivity contribution in [3.05, 3.63) is 52.6 Å². The first kappa shape index (κ1) is 27.4. The summed E-state index contributed by atoms with van der Waals surface area (Å²) in [6.07, 6.45) is 14.2. The molecule has 2 aromatic rings. The van der Waals surface area contributed by atoms with Crippen LogP contribution in [-0.4, -0.2) is 11.3 Å². The number of nitrogens with zero attached hydrogens (tertiary/aromatic N) is 1. The third-order valence-electron chi connectivity index (χ3n) is 8.75. The van der Waals surface area contributed by atoms with Crippen molar-refractivity contribution in [3.8, 4) is 17.2 Å². The molecule has 2 aliphatic carbocycles. The van der Waals surface area contributed by atoms with E-state index in [1.165, 1.54) is 92.0 Å². The Balaban J connectivity index is 1.99. The second-order valence-corrected chi connectivity index (χ2v) is 15.1. The molecule has 0 bridgehead atoms. The van der Waals surface area contributed by atoms with E-state index in [0.717, 1.165) is 16.9 Å². The summed E-state index contributed by atoms with van der Waals surface area (Å²) < 4.78 is 0. The minimum Gasteiger partial charge on any atom is -0.192 e. The van der Waals surface area contributed by atoms with E-state index in [1.54, 1.807) is 5.30 Å². The molecular formula is C34H48NP. The number of hydrogen-bond acceptors (Lipinski definition) is 1. The molecular weight excluding hydrogens is 453 g/mol. The Morgan fingerprint density at radius 2 is 1.25 bits per heavy atom. The van der Waals surface area contributed by atoms with E-state index in [0.29, 0.717) is 17.8 Å². The molecule has 0 spiro atoms. The molecule has 2 fully saturated rings. The van der Waals surface area contributed by atoms with Crippen LogP contribution in [0.15, 0.2) is 30.3 Å². The van der Waals surface area contributed by atoms with Crippen LogP contribution < -0.4 is 5.30 Å². The first-order chi connectivity index (χ1) is 17.3. The lowest BCUT2D eigenvalue weighted by molar-refractivity contribution is 0.487. The van der Waals surface area contributed by atoms with Crippen LogP contribution in [0.3, 0.4) is 0 Å². The zero-order chi connectivity index (χ0) is 25.8. The minimum absolute atomic E-state index is 0.217. The summed E-state index contributed by atoms with van der Waals surface area (Å²) >= 11 is 0. The van der Waals surface area contributed by atoms with Crippen LogP contribution >= 0.6 is 7.92 Å². The van der Waals surface area contributed by atoms with Crippen LogP contribution in [0.5, 0.6) is 0 Å². The van der Waals surface area contributed by atoms with Crippen molar-refractivity contribution in [2.75, 3.05) is 0 Å². The van der Waals surface area contributed by atoms with Gasteiger partial charge >= 0.3 is 0 Å². The summed E-state index contributed by atoms with van der Waals surface area (Å²) in [6, 6.07) is 14.6. The van der Waals surface area contributed by atoms with Gasteiger partial charge in [-0.1, -0.05) is 118 Å². The number of benzene rings is 2. The summed E-state index contributed by atoms with van der Waals surface area (Å²) in [4.78, 5) is 0. The fourth-order valence-corrected chi connectivity index (χ4v) is 10.9. The SMILES string of the molecule is CC(C)c1cc(C(C)C)c(-c2ccccc2P(C2CCCCC2)C2CCCCC2)c(C(C)C)c1C#N. The topological polar surface area (TPSA) is 23.8 Å². The van der Waals surface area contributed by atoms with Crippen LogP contribution in [0.2, 0.25) is 0 Å². The van der Waals surface area contributed by atoms with Crippen molar-refractivity contribution in [3.63, 3.8) is 0 Å². The summed E-state index contributed by atoms with van der Waals surface area (Å²) in [6.45, 7) is 13.7. The highest BCUT2D eigenvalue weighted by Gasteiger charge is 2.35. The molecule has 0 saturated heterocycles. The molecule has 2 saturated carbocycles. The molecule has 2 aliphatic rings. The monoisotopic (exact) mass is 501 g/mol. The molecule has 0 unspecified atom stereocenters. The second kappa shape index (κ2) is 12.3. The fraction of sp³-hybridized carbons (Fsp3) is 0.618. The molecule has 2 aromatic carbocycles. The Bertz CT molecular complexity index is 1040. The Kier molecular flexibility index (Phi) is 9.34. The van der Waals surface area contributed by atoms with Crippen molar-refractivity contribution < 1.29 is 0 Å². The van der Waals surface area contributed by atoms with Crippen molar-refractivity contribution in [1.29, 1.82) is 5.26 Å². The van der Waals surface area contributed by atoms with Crippen LogP contribution in [0.4, 0.5) is 0 Å². The molecule has 194 valence electrons. The molecule has 4 rings (SSSR count). The minimum atomic E-state index is -0.217. The summed E-state index contributed by atoms with van der Waals surface area (Å²) in [5, 5.41) is 12.1. The van der Waals surface area contributed by atoms with E-state index < -0.39 is 0 Å². The lowest BCUT2D eigenvalue weighted by Crippen LogP contribution is -2.27. The van der Waals surface area contributed by atoms with Gasteiger partial charge < -0.3 is 0 Å². The van der Waals surface area contributed by atoms with Crippen molar-refractivity contribution in [1.82, 2.24) is 0 Å². The first-order valence-corrected chi connectivity index (χ1v) is 16.3. The summed E-state index contributed by atoms with van der Waals surface area (Å²) in [5.41, 5.74) is 9.50. The Hall–Kier alpha value is -1.64. The highest BCUT2D eigenvalue weighted by atomic mass is 31.1. The zero-order valence-electron chi connectivity index (χ0n) is 23.7. The van der Waals surface area contributed by atoms with Gasteiger partial charge in [0, 0.05) is 0 Å². The van der Waals surface area contributed by atoms with Crippen LogP contribution in [0, 0.1) is 11.3 Å². The third kappa shape index (κ3) is 5.60. The van der Waals surface area contributed by atoms with Gasteiger partial charge in [0.05, 0.1) is 11.6 Å². The average molecular weight is 502 g/mol. The van der Waals surface area contributed by atoms with Crippen LogP contribution in [0.25, 0.3) is 11.1 Å². The Morgan fingerprint density at radius 3 is 1.72 bits per heavy atom. The van der Waals surface area contributed by atoms with E-state index >= 15 is 0 Å². The molecule has 0 heterocycles. The van der Waals surface area contributed by atoms with Crippen LogP contribution in [0.1, 0.15) is 146 Å². The van der Waals surface area contributed by atoms with Crippen LogP contribution in [-0.2, 0) is 0 Å². The highest BCUT2D eigenvalue weighted by Crippen LogP contribution is 2.57. The lowest BCUT2D eigenvalue weighted by atomic mass is 9.78. The third-order valence-corrected chi connectivity index (χ3v) is 12.3. The second-order valence-electron chi connectivity index (χ2n) is 12.3. The predicted octanol–water partition coefficient (Wildman–Crippen LogP) is 10.4. The summed E-state index contributed by atoms with van der Waals surface area (Å²) in [5.74, 6) is 1.08. The van der Waals surface area contributed by atoms with E-state index in [2.05, 4.69) is 77.9 Å². The molecule has 1 nitrogen and oxygen atoms in total. The van der Waals surface area contributed by atoms with E-state index in [4.69, 9.17) is 0 Å². The molecule has 0 radical (unpaired) electrons. The first-order valence-electron chi connectivity index (χ1n) is 14.8. The predicted molar refractivity (Wildman–Crippen MR) is 159 cm³/mol. The fourth-order valence-electron chi connectivity index (χ4n) is 6.98. The number of nitriles is 1. The molecule has 0 amide bonds. The Labute approximate surface area is 222 Å². The van der Waals surface area contributed by atoms with Gasteiger partial charge in [0.1, 0.15) is 0 Å². The van der Waals surface area contributed by atoms with E-state index in [-0.39, 0.29) is 7.92 Å². The van der Waals surface area contributed by atoms with E-state index in [9.17, 15) is 5.26 Å². The van der Waals surface area contributed by atoms with Gasteiger partial charge in [-0.3, -0.25) is 0 Å². The lowest BCUT2D eigenvalue weighted by Gasteiger charge is -2.40. The molecule has 0 atom stereocenters. The van der Waals surface area contributed by atoms with Gasteiger partial charge in [-0.25, -0.2) is 0 Å². The Morgan fingerprint density at radius 1 is 0.722 bits per heavy atom. The number of rotatable bonds is 7. The van der Waals surface area contributed by atoms with Crippen molar-refractivity contribution in [2.24, 2.45) is 0 Å². The average Bonchev–Trinajstić information content (AvgIpc) is 2.89. The maximum atomic E-state index is 10.4. The quantitative estimate of drug-likeness (QED) is 0.346. The largest absolute Gasteiger partial charge is 0.192 e. The van der Waals surface area contributed by atoms with Gasteiger partial charge in [-0.2, -0.15) is 5.26 Å².